The van der Waals surface area contributed by atoms with Crippen molar-refractivity contribution in [2.45, 2.75) is 6.61 Å². The molecule has 2 N–H and O–H groups in total. The molecule has 1 heterocycles. The quantitative estimate of drug-likeness (QED) is 0.636. The highest BCUT2D eigenvalue weighted by Gasteiger charge is 2.20. The topological polar surface area (TPSA) is 59.6 Å². The van der Waals surface area contributed by atoms with Gasteiger partial charge in [-0.15, -0.1) is 0 Å². The van der Waals surface area contributed by atoms with Crippen LogP contribution in [0.5, 0.6) is 11.5 Å². The summed E-state index contributed by atoms with van der Waals surface area (Å²) < 4.78 is 24.0. The van der Waals surface area contributed by atoms with Crippen LogP contribution in [0.1, 0.15) is 11.1 Å². The SMILES string of the molecule is COc1cc(/C=C2\NC(=S)NC2=O)ccc1OCc1ccc(F)cc1. The maximum absolute atomic E-state index is 12.9. The van der Waals surface area contributed by atoms with Gasteiger partial charge >= 0.3 is 0 Å². The van der Waals surface area contributed by atoms with E-state index in [2.05, 4.69) is 10.6 Å². The van der Waals surface area contributed by atoms with Crippen LogP contribution in [0, 0.1) is 5.82 Å². The molecule has 1 saturated heterocycles. The van der Waals surface area contributed by atoms with Crippen LogP contribution in [-0.4, -0.2) is 18.1 Å². The van der Waals surface area contributed by atoms with Crippen LogP contribution >= 0.6 is 12.2 Å². The molecule has 7 heteroatoms. The van der Waals surface area contributed by atoms with Gasteiger partial charge in [0.05, 0.1) is 7.11 Å². The fourth-order valence-corrected chi connectivity index (χ4v) is 2.49. The van der Waals surface area contributed by atoms with Crippen molar-refractivity contribution in [3.05, 3.63) is 65.1 Å². The molecule has 0 radical (unpaired) electrons. The smallest absolute Gasteiger partial charge is 0.273 e. The van der Waals surface area contributed by atoms with E-state index in [0.717, 1.165) is 11.1 Å². The highest BCUT2D eigenvalue weighted by molar-refractivity contribution is 7.80. The average Bonchev–Trinajstić information content (AvgIpc) is 2.92. The van der Waals surface area contributed by atoms with Gasteiger partial charge in [0.2, 0.25) is 0 Å². The molecule has 1 aliphatic rings. The van der Waals surface area contributed by atoms with Crippen molar-refractivity contribution in [2.24, 2.45) is 0 Å². The number of amides is 1. The fourth-order valence-electron chi connectivity index (χ4n) is 2.28. The molecule has 0 aromatic heterocycles. The van der Waals surface area contributed by atoms with Gasteiger partial charge in [-0.1, -0.05) is 18.2 Å². The predicted octanol–water partition coefficient (Wildman–Crippen LogP) is 2.76. The third-order valence-electron chi connectivity index (χ3n) is 3.53. The van der Waals surface area contributed by atoms with Crippen molar-refractivity contribution in [2.75, 3.05) is 7.11 Å². The van der Waals surface area contributed by atoms with Gasteiger partial charge in [-0.2, -0.15) is 0 Å². The summed E-state index contributed by atoms with van der Waals surface area (Å²) in [6.45, 7) is 0.287. The van der Waals surface area contributed by atoms with Crippen molar-refractivity contribution in [3.8, 4) is 11.5 Å². The number of nitrogens with one attached hydrogen (secondary N) is 2. The summed E-state index contributed by atoms with van der Waals surface area (Å²) in [7, 11) is 1.53. The molecular weight excluding hydrogens is 343 g/mol. The first-order valence-electron chi connectivity index (χ1n) is 7.44. The molecule has 3 rings (SSSR count). The summed E-state index contributed by atoms with van der Waals surface area (Å²) in [5.41, 5.74) is 1.97. The summed E-state index contributed by atoms with van der Waals surface area (Å²) in [6, 6.07) is 11.4. The molecule has 0 aliphatic carbocycles. The second-order valence-corrected chi connectivity index (χ2v) is 5.70. The third-order valence-corrected chi connectivity index (χ3v) is 3.73. The van der Waals surface area contributed by atoms with Gasteiger partial charge in [0.1, 0.15) is 18.1 Å². The Balaban J connectivity index is 1.75. The van der Waals surface area contributed by atoms with Crippen molar-refractivity contribution < 1.29 is 18.7 Å². The number of hydrogen-bond donors (Lipinski definition) is 2. The second kappa shape index (κ2) is 7.31. The average molecular weight is 358 g/mol. The van der Waals surface area contributed by atoms with Crippen LogP contribution < -0.4 is 20.1 Å². The van der Waals surface area contributed by atoms with Gasteiger partial charge in [-0.3, -0.25) is 10.1 Å². The zero-order chi connectivity index (χ0) is 17.8. The number of ether oxygens (including phenoxy) is 2. The van der Waals surface area contributed by atoms with E-state index < -0.39 is 0 Å². The molecule has 0 spiro atoms. The van der Waals surface area contributed by atoms with E-state index in [1.54, 1.807) is 36.4 Å². The first kappa shape index (κ1) is 16.9. The molecule has 5 nitrogen and oxygen atoms in total. The van der Waals surface area contributed by atoms with E-state index >= 15 is 0 Å². The summed E-state index contributed by atoms with van der Waals surface area (Å²) >= 11 is 4.90. The first-order chi connectivity index (χ1) is 12.0. The van der Waals surface area contributed by atoms with Crippen molar-refractivity contribution in [3.63, 3.8) is 0 Å². The second-order valence-electron chi connectivity index (χ2n) is 5.29. The molecule has 1 fully saturated rings. The number of rotatable bonds is 5. The van der Waals surface area contributed by atoms with Crippen LogP contribution in [0.2, 0.25) is 0 Å². The minimum Gasteiger partial charge on any atom is -0.493 e. The number of thiocarbonyl (C=S) groups is 1. The molecule has 2 aromatic carbocycles. The third kappa shape index (κ3) is 4.13. The fraction of sp³-hybridized carbons (Fsp3) is 0.111. The molecule has 0 atom stereocenters. The van der Waals surface area contributed by atoms with Gasteiger partial charge in [-0.05, 0) is 53.7 Å². The van der Waals surface area contributed by atoms with E-state index in [1.165, 1.54) is 19.2 Å². The van der Waals surface area contributed by atoms with Gasteiger partial charge < -0.3 is 14.8 Å². The van der Waals surface area contributed by atoms with E-state index in [1.807, 2.05) is 0 Å². The van der Waals surface area contributed by atoms with Crippen LogP contribution in [0.4, 0.5) is 4.39 Å². The lowest BCUT2D eigenvalue weighted by Crippen LogP contribution is -2.21. The standard InChI is InChI=1S/C18H15FN2O3S/c1-23-16-9-12(8-14-17(22)21-18(25)20-14)4-7-15(16)24-10-11-2-5-13(19)6-3-11/h2-9H,10H2,1H3,(H2,20,21,22,25)/b14-8-. The van der Waals surface area contributed by atoms with Crippen molar-refractivity contribution >= 4 is 29.3 Å². The predicted molar refractivity (Wildman–Crippen MR) is 95.6 cm³/mol. The lowest BCUT2D eigenvalue weighted by Gasteiger charge is -2.11. The lowest BCUT2D eigenvalue weighted by atomic mass is 10.1. The highest BCUT2D eigenvalue weighted by Crippen LogP contribution is 2.29. The van der Waals surface area contributed by atoms with Crippen LogP contribution in [0.15, 0.2) is 48.2 Å². The van der Waals surface area contributed by atoms with E-state index in [-0.39, 0.29) is 23.4 Å². The molecule has 0 saturated carbocycles. The van der Waals surface area contributed by atoms with Gasteiger partial charge in [0, 0.05) is 0 Å². The molecule has 0 unspecified atom stereocenters. The molecule has 25 heavy (non-hydrogen) atoms. The number of carbonyl (C=O) groups excluding carboxylic acids is 1. The summed E-state index contributed by atoms with van der Waals surface area (Å²) in [5.74, 6) is 0.508. The number of benzene rings is 2. The molecule has 2 aromatic rings. The van der Waals surface area contributed by atoms with Crippen molar-refractivity contribution in [1.29, 1.82) is 0 Å². The van der Waals surface area contributed by atoms with Crippen molar-refractivity contribution in [1.82, 2.24) is 10.6 Å². The highest BCUT2D eigenvalue weighted by atomic mass is 32.1. The number of hydrogen-bond acceptors (Lipinski definition) is 4. The summed E-state index contributed by atoms with van der Waals surface area (Å²) in [6.07, 6.45) is 1.67. The Kier molecular flexibility index (Phi) is 4.95. The minimum atomic E-state index is -0.289. The Morgan fingerprint density at radius 3 is 2.52 bits per heavy atom. The minimum absolute atomic E-state index is 0.277. The zero-order valence-electron chi connectivity index (χ0n) is 13.3. The number of halogens is 1. The molecule has 1 aliphatic heterocycles. The van der Waals surface area contributed by atoms with Gasteiger partial charge in [0.25, 0.3) is 5.91 Å². The Morgan fingerprint density at radius 2 is 1.88 bits per heavy atom. The summed E-state index contributed by atoms with van der Waals surface area (Å²) in [4.78, 5) is 11.7. The lowest BCUT2D eigenvalue weighted by molar-refractivity contribution is -0.115. The van der Waals surface area contributed by atoms with Crippen LogP contribution in [0.3, 0.4) is 0 Å². The Morgan fingerprint density at radius 1 is 1.12 bits per heavy atom. The largest absolute Gasteiger partial charge is 0.493 e. The van der Waals surface area contributed by atoms with Gasteiger partial charge in [0.15, 0.2) is 16.6 Å². The summed E-state index contributed by atoms with van der Waals surface area (Å²) in [5, 5.41) is 5.56. The van der Waals surface area contributed by atoms with E-state index in [0.29, 0.717) is 17.2 Å². The van der Waals surface area contributed by atoms with Crippen LogP contribution in [-0.2, 0) is 11.4 Å². The van der Waals surface area contributed by atoms with Gasteiger partial charge in [-0.25, -0.2) is 4.39 Å². The first-order valence-corrected chi connectivity index (χ1v) is 7.85. The molecular formula is C18H15FN2O3S. The normalized spacial score (nSPS) is 15.0. The maximum atomic E-state index is 12.9. The van der Waals surface area contributed by atoms with E-state index in [9.17, 15) is 9.18 Å². The Bertz CT molecular complexity index is 850. The zero-order valence-corrected chi connectivity index (χ0v) is 14.2. The molecule has 128 valence electrons. The molecule has 1 amide bonds. The Labute approximate surface area is 149 Å². The Hall–Kier alpha value is -2.93. The number of methoxy groups -OCH3 is 1. The monoisotopic (exact) mass is 358 g/mol. The number of carbonyl (C=O) groups is 1. The van der Waals surface area contributed by atoms with E-state index in [4.69, 9.17) is 21.7 Å². The maximum Gasteiger partial charge on any atom is 0.273 e. The molecule has 0 bridgehead atoms. The van der Waals surface area contributed by atoms with Crippen LogP contribution in [0.25, 0.3) is 6.08 Å².